The minimum absolute atomic E-state index is 0.423. The molecule has 0 aliphatic carbocycles. The van der Waals surface area contributed by atoms with Gasteiger partial charge in [0.05, 0.1) is 5.69 Å². The maximum absolute atomic E-state index is 11.8. The van der Waals surface area contributed by atoms with Crippen LogP contribution in [0.4, 0.5) is 0 Å². The van der Waals surface area contributed by atoms with Gasteiger partial charge in [-0.1, -0.05) is 28.9 Å². The standard InChI is InChI=1S/C13H11BrN2O3/c1-2-8-7-16(10-5-3-4-9(14)6-10)15-11(12(8)17)13(18)19/h3-7H,2H2,1H3,(H,18,19). The van der Waals surface area contributed by atoms with Gasteiger partial charge in [-0.2, -0.15) is 5.10 Å². The summed E-state index contributed by atoms with van der Waals surface area (Å²) in [5, 5.41) is 12.9. The minimum atomic E-state index is -1.32. The molecule has 0 aliphatic rings. The Morgan fingerprint density at radius 2 is 2.21 bits per heavy atom. The molecule has 5 nitrogen and oxygen atoms in total. The number of carboxylic acid groups (broad SMARTS) is 1. The van der Waals surface area contributed by atoms with Crippen molar-refractivity contribution in [2.75, 3.05) is 0 Å². The highest BCUT2D eigenvalue weighted by Gasteiger charge is 2.15. The summed E-state index contributed by atoms with van der Waals surface area (Å²) in [5.41, 5.74) is 0.125. The van der Waals surface area contributed by atoms with E-state index in [0.717, 1.165) is 4.47 Å². The third-order valence-corrected chi connectivity index (χ3v) is 3.14. The maximum Gasteiger partial charge on any atom is 0.360 e. The highest BCUT2D eigenvalue weighted by atomic mass is 79.9. The average molecular weight is 323 g/mol. The second-order valence-electron chi connectivity index (χ2n) is 3.92. The van der Waals surface area contributed by atoms with E-state index in [9.17, 15) is 9.59 Å². The summed E-state index contributed by atoms with van der Waals surface area (Å²) in [4.78, 5) is 22.9. The summed E-state index contributed by atoms with van der Waals surface area (Å²) in [6.45, 7) is 1.80. The number of hydrogen-bond donors (Lipinski definition) is 1. The van der Waals surface area contributed by atoms with E-state index < -0.39 is 17.1 Å². The van der Waals surface area contributed by atoms with Gasteiger partial charge in [0, 0.05) is 16.2 Å². The highest BCUT2D eigenvalue weighted by molar-refractivity contribution is 9.10. The number of benzene rings is 1. The van der Waals surface area contributed by atoms with Crippen molar-refractivity contribution in [1.29, 1.82) is 0 Å². The first-order valence-corrected chi connectivity index (χ1v) is 6.44. The molecule has 98 valence electrons. The molecule has 0 saturated carbocycles. The lowest BCUT2D eigenvalue weighted by molar-refractivity contribution is 0.0686. The zero-order chi connectivity index (χ0) is 14.0. The summed E-state index contributed by atoms with van der Waals surface area (Å²) in [7, 11) is 0. The molecule has 0 amide bonds. The van der Waals surface area contributed by atoms with Crippen molar-refractivity contribution in [2.45, 2.75) is 13.3 Å². The van der Waals surface area contributed by atoms with Crippen LogP contribution < -0.4 is 5.43 Å². The van der Waals surface area contributed by atoms with E-state index in [0.29, 0.717) is 17.7 Å². The number of hydrogen-bond acceptors (Lipinski definition) is 3. The zero-order valence-corrected chi connectivity index (χ0v) is 11.7. The second kappa shape index (κ2) is 5.36. The fourth-order valence-electron chi connectivity index (χ4n) is 1.68. The number of aromatic carboxylic acids is 1. The number of halogens is 1. The van der Waals surface area contributed by atoms with Crippen molar-refractivity contribution in [3.63, 3.8) is 0 Å². The predicted molar refractivity (Wildman–Crippen MR) is 73.9 cm³/mol. The Bertz CT molecular complexity index is 695. The Kier molecular flexibility index (Phi) is 3.80. The van der Waals surface area contributed by atoms with E-state index in [1.165, 1.54) is 4.68 Å². The first-order chi connectivity index (χ1) is 9.02. The lowest BCUT2D eigenvalue weighted by Crippen LogP contribution is -2.24. The van der Waals surface area contributed by atoms with E-state index in [1.807, 2.05) is 12.1 Å². The van der Waals surface area contributed by atoms with E-state index >= 15 is 0 Å². The van der Waals surface area contributed by atoms with Crippen LogP contribution in [0.1, 0.15) is 23.0 Å². The average Bonchev–Trinajstić information content (AvgIpc) is 2.38. The molecule has 2 rings (SSSR count). The number of aryl methyl sites for hydroxylation is 1. The van der Waals surface area contributed by atoms with Crippen LogP contribution in [0.2, 0.25) is 0 Å². The first-order valence-electron chi connectivity index (χ1n) is 5.65. The third-order valence-electron chi connectivity index (χ3n) is 2.65. The van der Waals surface area contributed by atoms with Crippen LogP contribution in [0, 0.1) is 0 Å². The molecule has 19 heavy (non-hydrogen) atoms. The molecule has 0 radical (unpaired) electrons. The van der Waals surface area contributed by atoms with Crippen LogP contribution in [-0.2, 0) is 6.42 Å². The van der Waals surface area contributed by atoms with E-state index in [-0.39, 0.29) is 0 Å². The molecular formula is C13H11BrN2O3. The van der Waals surface area contributed by atoms with Gasteiger partial charge in [-0.15, -0.1) is 0 Å². The molecule has 0 fully saturated rings. The lowest BCUT2D eigenvalue weighted by Gasteiger charge is -2.08. The molecule has 0 saturated heterocycles. The van der Waals surface area contributed by atoms with Crippen LogP contribution in [0.5, 0.6) is 0 Å². The molecule has 0 aliphatic heterocycles. The molecule has 1 heterocycles. The summed E-state index contributed by atoms with van der Waals surface area (Å²) >= 11 is 3.34. The number of rotatable bonds is 3. The molecule has 0 atom stereocenters. The molecule has 1 N–H and O–H groups in total. The second-order valence-corrected chi connectivity index (χ2v) is 4.83. The largest absolute Gasteiger partial charge is 0.476 e. The van der Waals surface area contributed by atoms with Crippen LogP contribution in [-0.4, -0.2) is 20.9 Å². The van der Waals surface area contributed by atoms with Gasteiger partial charge in [-0.25, -0.2) is 9.48 Å². The van der Waals surface area contributed by atoms with Gasteiger partial charge in [0.2, 0.25) is 11.1 Å². The molecule has 0 spiro atoms. The fraction of sp³-hybridized carbons (Fsp3) is 0.154. The molecule has 1 aromatic heterocycles. The molecule has 0 bridgehead atoms. The van der Waals surface area contributed by atoms with Gasteiger partial charge in [0.1, 0.15) is 0 Å². The van der Waals surface area contributed by atoms with Crippen molar-refractivity contribution in [3.8, 4) is 5.69 Å². The zero-order valence-electron chi connectivity index (χ0n) is 10.1. The van der Waals surface area contributed by atoms with Crippen molar-refractivity contribution < 1.29 is 9.90 Å². The molecule has 6 heteroatoms. The summed E-state index contributed by atoms with van der Waals surface area (Å²) in [6.07, 6.45) is 2.02. The summed E-state index contributed by atoms with van der Waals surface area (Å²) in [6, 6.07) is 7.24. The molecule has 2 aromatic rings. The molecule has 1 aromatic carbocycles. The van der Waals surface area contributed by atoms with Crippen LogP contribution >= 0.6 is 15.9 Å². The van der Waals surface area contributed by atoms with Crippen molar-refractivity contribution in [1.82, 2.24) is 9.78 Å². The predicted octanol–water partition coefficient (Wildman–Crippen LogP) is 2.26. The van der Waals surface area contributed by atoms with Crippen molar-refractivity contribution >= 4 is 21.9 Å². The smallest absolute Gasteiger partial charge is 0.360 e. The Labute approximate surface area is 117 Å². The highest BCUT2D eigenvalue weighted by Crippen LogP contribution is 2.14. The summed E-state index contributed by atoms with van der Waals surface area (Å²) < 4.78 is 2.26. The van der Waals surface area contributed by atoms with Crippen LogP contribution in [0.25, 0.3) is 5.69 Å². The van der Waals surface area contributed by atoms with E-state index in [2.05, 4.69) is 21.0 Å². The lowest BCUT2D eigenvalue weighted by atomic mass is 10.2. The first kappa shape index (κ1) is 13.5. The molecule has 0 unspecified atom stereocenters. The SMILES string of the molecule is CCc1cn(-c2cccc(Br)c2)nc(C(=O)O)c1=O. The van der Waals surface area contributed by atoms with Gasteiger partial charge >= 0.3 is 5.97 Å². The number of nitrogens with zero attached hydrogens (tertiary/aromatic N) is 2. The van der Waals surface area contributed by atoms with Crippen LogP contribution in [0.15, 0.2) is 39.7 Å². The van der Waals surface area contributed by atoms with Gasteiger partial charge in [-0.3, -0.25) is 4.79 Å². The van der Waals surface area contributed by atoms with Gasteiger partial charge in [0.15, 0.2) is 0 Å². The monoisotopic (exact) mass is 322 g/mol. The Morgan fingerprint density at radius 3 is 2.79 bits per heavy atom. The number of carboxylic acids is 1. The quantitative estimate of drug-likeness (QED) is 0.940. The van der Waals surface area contributed by atoms with Crippen molar-refractivity contribution in [3.05, 3.63) is 56.4 Å². The third kappa shape index (κ3) is 2.73. The van der Waals surface area contributed by atoms with E-state index in [4.69, 9.17) is 5.11 Å². The molecular weight excluding hydrogens is 312 g/mol. The van der Waals surface area contributed by atoms with E-state index in [1.54, 1.807) is 25.3 Å². The Morgan fingerprint density at radius 1 is 1.47 bits per heavy atom. The number of carbonyl (C=O) groups is 1. The Balaban J connectivity index is 2.68. The van der Waals surface area contributed by atoms with Gasteiger partial charge in [0.25, 0.3) is 0 Å². The van der Waals surface area contributed by atoms with Gasteiger partial charge < -0.3 is 5.11 Å². The van der Waals surface area contributed by atoms with Gasteiger partial charge in [-0.05, 0) is 24.6 Å². The van der Waals surface area contributed by atoms with Crippen molar-refractivity contribution in [2.24, 2.45) is 0 Å². The Hall–Kier alpha value is -1.95. The maximum atomic E-state index is 11.8. The fourth-order valence-corrected chi connectivity index (χ4v) is 2.07. The summed E-state index contributed by atoms with van der Waals surface area (Å²) in [5.74, 6) is -1.32. The van der Waals surface area contributed by atoms with Crippen LogP contribution in [0.3, 0.4) is 0 Å². The minimum Gasteiger partial charge on any atom is -0.476 e. The normalized spacial score (nSPS) is 10.4. The topological polar surface area (TPSA) is 72.2 Å². The number of aromatic nitrogens is 2.